The van der Waals surface area contributed by atoms with E-state index >= 15 is 4.39 Å². The fraction of sp³-hybridized carbons (Fsp3) is 0.280. The number of rotatable bonds is 12. The maximum atomic E-state index is 15.9. The predicted molar refractivity (Wildman–Crippen MR) is 135 cm³/mol. The van der Waals surface area contributed by atoms with E-state index in [4.69, 9.17) is 14.0 Å². The summed E-state index contributed by atoms with van der Waals surface area (Å²) in [4.78, 5) is 24.8. The van der Waals surface area contributed by atoms with Crippen LogP contribution in [0.5, 0.6) is 5.75 Å². The normalized spacial score (nSPS) is 14.5. The minimum absolute atomic E-state index is 0.0715. The second-order valence-electron chi connectivity index (χ2n) is 7.65. The molecule has 1 aromatic heterocycles. The van der Waals surface area contributed by atoms with Crippen molar-refractivity contribution in [1.82, 2.24) is 5.09 Å². The number of carbonyl (C=O) groups is 2. The summed E-state index contributed by atoms with van der Waals surface area (Å²) < 4.78 is 46.3. The lowest BCUT2D eigenvalue weighted by Crippen LogP contribution is -2.35. The Hall–Kier alpha value is -3.00. The zero-order valence-electron chi connectivity index (χ0n) is 19.4. The van der Waals surface area contributed by atoms with Crippen LogP contribution >= 0.6 is 18.9 Å². The maximum Gasteiger partial charge on any atom is 0.355 e. The van der Waals surface area contributed by atoms with Gasteiger partial charge < -0.3 is 14.0 Å². The minimum atomic E-state index is -4.32. The van der Waals surface area contributed by atoms with E-state index in [1.807, 2.05) is 6.92 Å². The van der Waals surface area contributed by atoms with Crippen LogP contribution in [-0.4, -0.2) is 31.2 Å². The van der Waals surface area contributed by atoms with E-state index in [-0.39, 0.29) is 24.5 Å². The second-order valence-corrected chi connectivity index (χ2v) is 10.8. The molecule has 0 radical (unpaired) electrons. The Balaban J connectivity index is 1.91. The molecule has 7 nitrogen and oxygen atoms in total. The molecule has 0 aliphatic carbocycles. The number of ether oxygens (including phenoxy) is 2. The summed E-state index contributed by atoms with van der Waals surface area (Å²) in [5.41, 5.74) is 0.0715. The zero-order chi connectivity index (χ0) is 25.4. The molecule has 3 rings (SSSR count). The van der Waals surface area contributed by atoms with Crippen molar-refractivity contribution in [2.75, 3.05) is 13.2 Å². The maximum absolute atomic E-state index is 15.9. The van der Waals surface area contributed by atoms with E-state index in [2.05, 4.69) is 11.7 Å². The quantitative estimate of drug-likeness (QED) is 0.168. The first-order valence-electron chi connectivity index (χ1n) is 11.0. The van der Waals surface area contributed by atoms with E-state index in [0.717, 1.165) is 4.70 Å². The molecular weight excluding hydrogens is 492 g/mol. The van der Waals surface area contributed by atoms with Crippen LogP contribution in [0.1, 0.15) is 41.4 Å². The highest BCUT2D eigenvalue weighted by Gasteiger charge is 2.40. The molecule has 1 N–H and O–H groups in total. The number of benzene rings is 2. The molecule has 0 aliphatic heterocycles. The second kappa shape index (κ2) is 12.1. The Bertz CT molecular complexity index is 1230. The molecule has 10 heteroatoms. The van der Waals surface area contributed by atoms with Crippen LogP contribution in [-0.2, 0) is 18.8 Å². The van der Waals surface area contributed by atoms with Gasteiger partial charge in [0.25, 0.3) is 0 Å². The summed E-state index contributed by atoms with van der Waals surface area (Å²) in [6.07, 6.45) is 2.08. The molecule has 3 atom stereocenters. The van der Waals surface area contributed by atoms with Gasteiger partial charge in [0.05, 0.1) is 6.61 Å². The monoisotopic (exact) mass is 519 g/mol. The summed E-state index contributed by atoms with van der Waals surface area (Å²) in [5, 5.41) is 3.13. The Morgan fingerprint density at radius 2 is 1.91 bits per heavy atom. The number of para-hydroxylation sites is 1. The van der Waals surface area contributed by atoms with Gasteiger partial charge in [-0.05, 0) is 54.6 Å². The summed E-state index contributed by atoms with van der Waals surface area (Å²) in [7, 11) is -4.32. The summed E-state index contributed by atoms with van der Waals surface area (Å²) in [5.74, 6) is -3.09. The number of nitrogens with one attached hydrogen (secondary N) is 1. The van der Waals surface area contributed by atoms with Crippen LogP contribution < -0.4 is 9.61 Å². The van der Waals surface area contributed by atoms with Gasteiger partial charge in [-0.25, -0.2) is 14.3 Å². The largest absolute Gasteiger partial charge is 0.465 e. The van der Waals surface area contributed by atoms with Crippen LogP contribution in [0.25, 0.3) is 10.1 Å². The predicted octanol–water partition coefficient (Wildman–Crippen LogP) is 6.42. The fourth-order valence-corrected chi connectivity index (χ4v) is 5.99. The zero-order valence-corrected chi connectivity index (χ0v) is 21.2. The van der Waals surface area contributed by atoms with Crippen molar-refractivity contribution in [3.8, 4) is 5.75 Å². The standard InChI is InChI=1S/C25H27FNO6PS/c1-4-13-31-24(28)17(3)27-34(30,33-20-9-7-6-8-10-20)23(26)18-11-12-21-19(15-18)16-22(35-21)25(29)32-14-5-2/h5-12,15-17,23H,2,4,13-14H2,1,3H3,(H,27,30)/t17?,23-,34?/m0/s1. The van der Waals surface area contributed by atoms with Gasteiger partial charge in [0.1, 0.15) is 23.3 Å². The highest BCUT2D eigenvalue weighted by Crippen LogP contribution is 2.58. The number of esters is 2. The Morgan fingerprint density at radius 1 is 1.17 bits per heavy atom. The molecule has 2 unspecified atom stereocenters. The molecular formula is C25H27FNO6PS. The van der Waals surface area contributed by atoms with Gasteiger partial charge in [0.15, 0.2) is 0 Å². The number of alkyl halides is 1. The molecule has 0 amide bonds. The molecule has 2 aromatic carbocycles. The van der Waals surface area contributed by atoms with Crippen molar-refractivity contribution >= 4 is 40.9 Å². The van der Waals surface area contributed by atoms with Gasteiger partial charge in [-0.2, -0.15) is 0 Å². The lowest BCUT2D eigenvalue weighted by atomic mass is 10.2. The summed E-state index contributed by atoms with van der Waals surface area (Å²) >= 11 is 1.20. The molecule has 1 heterocycles. The SMILES string of the molecule is C=CCOC(=O)c1cc2cc([C@@H](F)P(=O)(NC(C)C(=O)OCCC)Oc3ccccc3)ccc2s1. The van der Waals surface area contributed by atoms with Gasteiger partial charge in [0.2, 0.25) is 5.91 Å². The summed E-state index contributed by atoms with van der Waals surface area (Å²) in [6.45, 7) is 7.07. The molecule has 3 aromatic rings. The summed E-state index contributed by atoms with van der Waals surface area (Å²) in [6, 6.07) is 13.3. The molecule has 0 saturated carbocycles. The Labute approximate surface area is 207 Å². The van der Waals surface area contributed by atoms with Gasteiger partial charge in [0, 0.05) is 4.70 Å². The molecule has 0 spiro atoms. The number of fused-ring (bicyclic) bond motifs is 1. The number of hydrogen-bond acceptors (Lipinski definition) is 7. The van der Waals surface area contributed by atoms with E-state index in [9.17, 15) is 14.2 Å². The number of thiophene rings is 1. The average Bonchev–Trinajstić information content (AvgIpc) is 3.29. The van der Waals surface area contributed by atoms with Crippen molar-refractivity contribution in [1.29, 1.82) is 0 Å². The molecule has 35 heavy (non-hydrogen) atoms. The highest BCUT2D eigenvalue weighted by molar-refractivity contribution is 7.57. The third-order valence-corrected chi connectivity index (χ3v) is 8.03. The van der Waals surface area contributed by atoms with Crippen molar-refractivity contribution in [2.24, 2.45) is 0 Å². The third kappa shape index (κ3) is 6.78. The van der Waals surface area contributed by atoms with E-state index in [1.54, 1.807) is 42.5 Å². The number of hydrogen-bond donors (Lipinski definition) is 1. The van der Waals surface area contributed by atoms with E-state index < -0.39 is 31.4 Å². The minimum Gasteiger partial charge on any atom is -0.465 e. The fourth-order valence-electron chi connectivity index (χ4n) is 3.14. The Kier molecular flexibility index (Phi) is 9.20. The topological polar surface area (TPSA) is 90.9 Å². The first-order chi connectivity index (χ1) is 16.8. The van der Waals surface area contributed by atoms with Crippen LogP contribution in [0.3, 0.4) is 0 Å². The van der Waals surface area contributed by atoms with Crippen molar-refractivity contribution < 1.29 is 32.5 Å². The van der Waals surface area contributed by atoms with Crippen molar-refractivity contribution in [3.05, 3.63) is 77.7 Å². The molecule has 0 bridgehead atoms. The van der Waals surface area contributed by atoms with Crippen LogP contribution in [0.4, 0.5) is 4.39 Å². The first-order valence-corrected chi connectivity index (χ1v) is 13.5. The lowest BCUT2D eigenvalue weighted by molar-refractivity contribution is -0.145. The molecule has 0 fully saturated rings. The lowest BCUT2D eigenvalue weighted by Gasteiger charge is -2.26. The van der Waals surface area contributed by atoms with Crippen molar-refractivity contribution in [2.45, 2.75) is 32.2 Å². The van der Waals surface area contributed by atoms with Crippen LogP contribution in [0.15, 0.2) is 67.3 Å². The van der Waals surface area contributed by atoms with Crippen LogP contribution in [0, 0.1) is 0 Å². The van der Waals surface area contributed by atoms with E-state index in [0.29, 0.717) is 16.7 Å². The van der Waals surface area contributed by atoms with Crippen LogP contribution in [0.2, 0.25) is 0 Å². The van der Waals surface area contributed by atoms with Gasteiger partial charge in [-0.15, -0.1) is 11.3 Å². The Morgan fingerprint density at radius 3 is 2.60 bits per heavy atom. The smallest absolute Gasteiger partial charge is 0.355 e. The highest BCUT2D eigenvalue weighted by atomic mass is 32.1. The van der Waals surface area contributed by atoms with Gasteiger partial charge in [-0.1, -0.05) is 43.8 Å². The molecule has 186 valence electrons. The molecule has 0 saturated heterocycles. The van der Waals surface area contributed by atoms with Gasteiger partial charge >= 0.3 is 19.5 Å². The number of carbonyl (C=O) groups excluding carboxylic acids is 2. The third-order valence-electron chi connectivity index (χ3n) is 4.81. The average molecular weight is 520 g/mol. The molecule has 0 aliphatic rings. The van der Waals surface area contributed by atoms with Gasteiger partial charge in [-0.3, -0.25) is 9.36 Å². The number of halogens is 1. The van der Waals surface area contributed by atoms with E-state index in [1.165, 1.54) is 36.5 Å². The van der Waals surface area contributed by atoms with Crippen molar-refractivity contribution in [3.63, 3.8) is 0 Å². The first kappa shape index (κ1) is 26.6.